The van der Waals surface area contributed by atoms with E-state index >= 15 is 0 Å². The fourth-order valence-electron chi connectivity index (χ4n) is 1.57. The van der Waals surface area contributed by atoms with Gasteiger partial charge in [0.1, 0.15) is 0 Å². The van der Waals surface area contributed by atoms with Crippen molar-refractivity contribution in [1.82, 2.24) is 0 Å². The van der Waals surface area contributed by atoms with Crippen LogP contribution in [0.1, 0.15) is 18.1 Å². The van der Waals surface area contributed by atoms with E-state index in [1.807, 2.05) is 6.92 Å². The van der Waals surface area contributed by atoms with E-state index < -0.39 is 0 Å². The van der Waals surface area contributed by atoms with Gasteiger partial charge in [0.25, 0.3) is 0 Å². The van der Waals surface area contributed by atoms with Crippen molar-refractivity contribution in [2.24, 2.45) is 0 Å². The van der Waals surface area contributed by atoms with E-state index in [2.05, 4.69) is 30.1 Å². The Hall–Kier alpha value is -1.24. The molecule has 2 rings (SSSR count). The van der Waals surface area contributed by atoms with Crippen LogP contribution in [-0.4, -0.2) is 6.54 Å². The molecule has 0 saturated carbocycles. The summed E-state index contributed by atoms with van der Waals surface area (Å²) in [6.45, 7) is 7.05. The summed E-state index contributed by atoms with van der Waals surface area (Å²) in [4.78, 5) is 0. The molecule has 0 atom stereocenters. The van der Waals surface area contributed by atoms with Crippen molar-refractivity contribution in [2.75, 3.05) is 11.9 Å². The Balaban J connectivity index is 2.45. The summed E-state index contributed by atoms with van der Waals surface area (Å²) < 4.78 is 0. The van der Waals surface area contributed by atoms with Crippen LogP contribution in [0, 0.1) is 0 Å². The average molecular weight is 159 g/mol. The normalized spacial score (nSPS) is 13.8. The highest BCUT2D eigenvalue weighted by atomic mass is 14.9. The SMILES string of the molecule is C=C(C)c1ccc2c(c1)CCN2. The second kappa shape index (κ2) is 2.67. The Morgan fingerprint density at radius 1 is 1.50 bits per heavy atom. The van der Waals surface area contributed by atoms with Gasteiger partial charge in [-0.2, -0.15) is 0 Å². The molecule has 0 radical (unpaired) electrons. The zero-order chi connectivity index (χ0) is 8.55. The third-order valence-corrected chi connectivity index (χ3v) is 2.31. The first kappa shape index (κ1) is 7.41. The van der Waals surface area contributed by atoms with E-state index in [4.69, 9.17) is 0 Å². The quantitative estimate of drug-likeness (QED) is 0.664. The molecule has 1 aromatic rings. The topological polar surface area (TPSA) is 12.0 Å². The Bertz CT molecular complexity index is 326. The van der Waals surface area contributed by atoms with E-state index in [1.165, 1.54) is 16.8 Å². The summed E-state index contributed by atoms with van der Waals surface area (Å²) >= 11 is 0. The molecule has 0 aliphatic carbocycles. The highest BCUT2D eigenvalue weighted by Crippen LogP contribution is 2.25. The number of hydrogen-bond acceptors (Lipinski definition) is 1. The van der Waals surface area contributed by atoms with Crippen LogP contribution in [-0.2, 0) is 6.42 Å². The van der Waals surface area contributed by atoms with E-state index in [0.717, 1.165) is 18.5 Å². The molecule has 0 amide bonds. The number of rotatable bonds is 1. The summed E-state index contributed by atoms with van der Waals surface area (Å²) in [6.07, 6.45) is 1.15. The standard InChI is InChI=1S/C11H13N/c1-8(2)9-3-4-11-10(7-9)5-6-12-11/h3-4,7,12H,1,5-6H2,2H3. The Kier molecular flexibility index (Phi) is 1.65. The molecule has 1 aliphatic rings. The zero-order valence-electron chi connectivity index (χ0n) is 7.35. The van der Waals surface area contributed by atoms with Crippen LogP contribution < -0.4 is 5.32 Å². The molecule has 1 N–H and O–H groups in total. The summed E-state index contributed by atoms with van der Waals surface area (Å²) in [5, 5.41) is 3.34. The van der Waals surface area contributed by atoms with Crippen molar-refractivity contribution in [3.05, 3.63) is 35.9 Å². The molecule has 1 heterocycles. The first-order chi connectivity index (χ1) is 5.77. The van der Waals surface area contributed by atoms with Crippen LogP contribution in [0.2, 0.25) is 0 Å². The first-order valence-corrected chi connectivity index (χ1v) is 4.30. The second-order valence-corrected chi connectivity index (χ2v) is 3.33. The van der Waals surface area contributed by atoms with Gasteiger partial charge in [-0.3, -0.25) is 0 Å². The summed E-state index contributed by atoms with van der Waals surface area (Å²) in [5.41, 5.74) is 5.12. The predicted octanol–water partition coefficient (Wildman–Crippen LogP) is 2.69. The number of nitrogens with one attached hydrogen (secondary N) is 1. The lowest BCUT2D eigenvalue weighted by Gasteiger charge is -2.03. The van der Waals surface area contributed by atoms with E-state index in [9.17, 15) is 0 Å². The largest absolute Gasteiger partial charge is 0.384 e. The second-order valence-electron chi connectivity index (χ2n) is 3.33. The third kappa shape index (κ3) is 1.11. The maximum absolute atomic E-state index is 3.93. The number of benzene rings is 1. The molecule has 0 spiro atoms. The highest BCUT2D eigenvalue weighted by Gasteiger charge is 2.09. The van der Waals surface area contributed by atoms with Crippen molar-refractivity contribution >= 4 is 11.3 Å². The molecule has 0 bridgehead atoms. The number of fused-ring (bicyclic) bond motifs is 1. The first-order valence-electron chi connectivity index (χ1n) is 4.30. The Labute approximate surface area is 73.1 Å². The molecule has 0 saturated heterocycles. The molecule has 1 aromatic carbocycles. The lowest BCUT2D eigenvalue weighted by molar-refractivity contribution is 1.10. The van der Waals surface area contributed by atoms with Gasteiger partial charge in [0.05, 0.1) is 0 Å². The van der Waals surface area contributed by atoms with Gasteiger partial charge >= 0.3 is 0 Å². The Morgan fingerprint density at radius 3 is 3.08 bits per heavy atom. The maximum Gasteiger partial charge on any atom is 0.0373 e. The maximum atomic E-state index is 3.93. The average Bonchev–Trinajstić information content (AvgIpc) is 2.49. The minimum atomic E-state index is 1.08. The number of allylic oxidation sites excluding steroid dienone is 1. The van der Waals surface area contributed by atoms with Crippen LogP contribution >= 0.6 is 0 Å². The highest BCUT2D eigenvalue weighted by molar-refractivity contribution is 5.67. The molecule has 1 aliphatic heterocycles. The van der Waals surface area contributed by atoms with E-state index in [1.54, 1.807) is 0 Å². The van der Waals surface area contributed by atoms with Crippen molar-refractivity contribution in [2.45, 2.75) is 13.3 Å². The van der Waals surface area contributed by atoms with Crippen LogP contribution in [0.5, 0.6) is 0 Å². The van der Waals surface area contributed by atoms with Crippen molar-refractivity contribution in [3.63, 3.8) is 0 Å². The zero-order valence-corrected chi connectivity index (χ0v) is 7.35. The molecule has 1 nitrogen and oxygen atoms in total. The van der Waals surface area contributed by atoms with Crippen LogP contribution in [0.4, 0.5) is 5.69 Å². The Morgan fingerprint density at radius 2 is 2.33 bits per heavy atom. The van der Waals surface area contributed by atoms with Crippen molar-refractivity contribution in [3.8, 4) is 0 Å². The van der Waals surface area contributed by atoms with Gasteiger partial charge in [-0.15, -0.1) is 0 Å². The fraction of sp³-hybridized carbons (Fsp3) is 0.273. The van der Waals surface area contributed by atoms with Crippen molar-refractivity contribution < 1.29 is 0 Å². The van der Waals surface area contributed by atoms with Gasteiger partial charge in [-0.05, 0) is 36.6 Å². The van der Waals surface area contributed by atoms with Gasteiger partial charge in [0.2, 0.25) is 0 Å². The van der Waals surface area contributed by atoms with Gasteiger partial charge in [-0.1, -0.05) is 18.2 Å². The van der Waals surface area contributed by atoms with Gasteiger partial charge in [-0.25, -0.2) is 0 Å². The van der Waals surface area contributed by atoms with Crippen LogP contribution in [0.25, 0.3) is 5.57 Å². The molecule has 12 heavy (non-hydrogen) atoms. The minimum Gasteiger partial charge on any atom is -0.384 e. The lowest BCUT2D eigenvalue weighted by Crippen LogP contribution is -1.90. The van der Waals surface area contributed by atoms with Gasteiger partial charge in [0, 0.05) is 12.2 Å². The van der Waals surface area contributed by atoms with Gasteiger partial charge in [0.15, 0.2) is 0 Å². The number of hydrogen-bond donors (Lipinski definition) is 1. The number of anilines is 1. The summed E-state index contributed by atoms with van der Waals surface area (Å²) in [5.74, 6) is 0. The molecule has 0 fully saturated rings. The van der Waals surface area contributed by atoms with Gasteiger partial charge < -0.3 is 5.32 Å². The monoisotopic (exact) mass is 159 g/mol. The van der Waals surface area contributed by atoms with Crippen LogP contribution in [0.15, 0.2) is 24.8 Å². The van der Waals surface area contributed by atoms with E-state index in [-0.39, 0.29) is 0 Å². The molecular formula is C11H13N. The third-order valence-electron chi connectivity index (χ3n) is 2.31. The molecular weight excluding hydrogens is 146 g/mol. The summed E-state index contributed by atoms with van der Waals surface area (Å²) in [7, 11) is 0. The molecule has 62 valence electrons. The smallest absolute Gasteiger partial charge is 0.0373 e. The summed E-state index contributed by atoms with van der Waals surface area (Å²) in [6, 6.07) is 6.50. The predicted molar refractivity (Wildman–Crippen MR) is 53.3 cm³/mol. The van der Waals surface area contributed by atoms with Crippen LogP contribution in [0.3, 0.4) is 0 Å². The molecule has 0 unspecified atom stereocenters. The van der Waals surface area contributed by atoms with E-state index in [0.29, 0.717) is 0 Å². The fourth-order valence-corrected chi connectivity index (χ4v) is 1.57. The molecule has 1 heteroatoms. The minimum absolute atomic E-state index is 1.08. The van der Waals surface area contributed by atoms with Crippen molar-refractivity contribution in [1.29, 1.82) is 0 Å². The lowest BCUT2D eigenvalue weighted by atomic mass is 10.0. The molecule has 0 aromatic heterocycles.